The predicted octanol–water partition coefficient (Wildman–Crippen LogP) is 10.1. The molecule has 9 heteroatoms. The molecule has 0 amide bonds. The molecule has 2 nitrogen and oxygen atoms in total. The fourth-order valence-corrected chi connectivity index (χ4v) is 9.75. The molecule has 2 saturated carbocycles. The van der Waals surface area contributed by atoms with Gasteiger partial charge >= 0.3 is 7.25 Å². The van der Waals surface area contributed by atoms with Crippen LogP contribution in [0.1, 0.15) is 91.9 Å². The van der Waals surface area contributed by atoms with Crippen LogP contribution in [-0.4, -0.2) is 30.8 Å². The van der Waals surface area contributed by atoms with E-state index in [1.807, 2.05) is 0 Å². The summed E-state index contributed by atoms with van der Waals surface area (Å²) in [4.78, 5) is 0. The van der Waals surface area contributed by atoms with Gasteiger partial charge in [0.05, 0.1) is 17.8 Å². The second-order valence-corrected chi connectivity index (χ2v) is 13.7. The quantitative estimate of drug-likeness (QED) is 0.174. The smallest absolute Gasteiger partial charge is 0.490 e. The third-order valence-electron chi connectivity index (χ3n) is 7.10. The molecule has 0 radical (unpaired) electrons. The Labute approximate surface area is 237 Å². The maximum atomic E-state index is 9.75. The highest BCUT2D eigenvalue weighted by molar-refractivity contribution is 7.67. The van der Waals surface area contributed by atoms with Gasteiger partial charge in [-0.3, -0.25) is 0 Å². The van der Waals surface area contributed by atoms with Crippen molar-refractivity contribution in [2.24, 2.45) is 0 Å². The van der Waals surface area contributed by atoms with E-state index in [4.69, 9.17) is 9.47 Å². The molecular formula is C30H46BF4O2P2-. The lowest BCUT2D eigenvalue weighted by Crippen LogP contribution is -2.27. The molecule has 1 unspecified atom stereocenters. The number of benzene rings is 2. The average Bonchev–Trinajstić information content (AvgIpc) is 2.85. The Morgan fingerprint density at radius 1 is 0.667 bits per heavy atom. The van der Waals surface area contributed by atoms with Gasteiger partial charge < -0.3 is 26.7 Å². The predicted molar refractivity (Wildman–Crippen MR) is 165 cm³/mol. The van der Waals surface area contributed by atoms with Crippen molar-refractivity contribution in [1.82, 2.24) is 0 Å². The van der Waals surface area contributed by atoms with Crippen molar-refractivity contribution < 1.29 is 26.7 Å². The molecule has 0 heterocycles. The van der Waals surface area contributed by atoms with Crippen LogP contribution in [0.4, 0.5) is 17.3 Å². The van der Waals surface area contributed by atoms with Crippen molar-refractivity contribution >= 4 is 30.4 Å². The molecule has 2 aromatic rings. The summed E-state index contributed by atoms with van der Waals surface area (Å²) in [7, 11) is -6.21. The van der Waals surface area contributed by atoms with Crippen LogP contribution in [0, 0.1) is 0 Å². The van der Waals surface area contributed by atoms with Crippen LogP contribution in [0.2, 0.25) is 0 Å². The fraction of sp³-hybridized carbons (Fsp3) is 0.600. The van der Waals surface area contributed by atoms with E-state index in [1.165, 1.54) is 69.8 Å². The van der Waals surface area contributed by atoms with E-state index in [1.54, 1.807) is 5.30 Å². The first-order valence-electron chi connectivity index (χ1n) is 14.3. The first-order valence-corrected chi connectivity index (χ1v) is 15.7. The molecule has 0 bridgehead atoms. The highest BCUT2D eigenvalue weighted by atomic mass is 31.1. The van der Waals surface area contributed by atoms with Gasteiger partial charge in [0.2, 0.25) is 0 Å². The van der Waals surface area contributed by atoms with Crippen molar-refractivity contribution in [2.45, 2.75) is 115 Å². The molecule has 2 aliphatic rings. The Morgan fingerprint density at radius 3 is 1.49 bits per heavy atom. The second-order valence-electron chi connectivity index (χ2n) is 11.0. The highest BCUT2D eigenvalue weighted by Crippen LogP contribution is 2.57. The molecule has 0 aliphatic heterocycles. The van der Waals surface area contributed by atoms with Crippen LogP contribution in [0.25, 0.3) is 11.1 Å². The SMILES string of the molecule is CC(C)Oc1cccc(OC(C)C)c1-c1ccccc1P(C1CCCCC1)C1CCCCC1.F[B-](F)(F)F.P. The van der Waals surface area contributed by atoms with Crippen LogP contribution >= 0.6 is 17.8 Å². The standard InChI is InChI=1S/C30H43O2P.BF4.H3P/c1-22(2)31-27-19-13-20-28(32-23(3)4)30(27)26-18-11-12-21-29(26)33(24-14-7-5-8-15-24)25-16-9-6-10-17-25;2-1(3,4)5;/h11-13,18-25H,5-10,14-17H2,1-4H3;;1H3/q;-1;. The number of rotatable bonds is 8. The first kappa shape index (κ1) is 33.9. The van der Waals surface area contributed by atoms with Gasteiger partial charge in [-0.2, -0.15) is 9.90 Å². The van der Waals surface area contributed by atoms with Crippen LogP contribution in [0.3, 0.4) is 0 Å². The average molecular weight is 587 g/mol. The molecule has 2 fully saturated rings. The summed E-state index contributed by atoms with van der Waals surface area (Å²) >= 11 is 0. The molecule has 1 atom stereocenters. The minimum absolute atomic E-state index is 0. The Morgan fingerprint density at radius 2 is 1.08 bits per heavy atom. The van der Waals surface area contributed by atoms with E-state index < -0.39 is 7.25 Å². The molecule has 0 N–H and O–H groups in total. The number of hydrogen-bond acceptors (Lipinski definition) is 2. The third kappa shape index (κ3) is 10.9. The Bertz CT molecular complexity index is 939. The highest BCUT2D eigenvalue weighted by Gasteiger charge is 2.34. The van der Waals surface area contributed by atoms with Crippen molar-refractivity contribution in [3.8, 4) is 22.6 Å². The van der Waals surface area contributed by atoms with Crippen molar-refractivity contribution in [1.29, 1.82) is 0 Å². The summed E-state index contributed by atoms with van der Waals surface area (Å²) in [6.07, 6.45) is 14.4. The lowest BCUT2D eigenvalue weighted by molar-refractivity contribution is 0.231. The molecule has 0 spiro atoms. The second kappa shape index (κ2) is 16.2. The molecule has 2 aromatic carbocycles. The largest absolute Gasteiger partial charge is 0.673 e. The first-order chi connectivity index (χ1) is 18.0. The summed E-state index contributed by atoms with van der Waals surface area (Å²) in [5.41, 5.74) is 4.25. The van der Waals surface area contributed by atoms with Crippen molar-refractivity contribution in [3.63, 3.8) is 0 Å². The van der Waals surface area contributed by atoms with E-state index in [0.29, 0.717) is 0 Å². The van der Waals surface area contributed by atoms with Gasteiger partial charge in [0, 0.05) is 0 Å². The zero-order chi connectivity index (χ0) is 27.7. The number of ether oxygens (including phenoxy) is 2. The van der Waals surface area contributed by atoms with E-state index in [-0.39, 0.29) is 30.0 Å². The monoisotopic (exact) mass is 587 g/mol. The molecule has 0 aromatic heterocycles. The minimum atomic E-state index is -6.00. The van der Waals surface area contributed by atoms with Crippen LogP contribution in [0.5, 0.6) is 11.5 Å². The number of hydrogen-bond donors (Lipinski definition) is 0. The van der Waals surface area contributed by atoms with Gasteiger partial charge in [-0.25, -0.2) is 0 Å². The number of halogens is 4. The molecule has 2 aliphatic carbocycles. The lowest BCUT2D eigenvalue weighted by atomic mass is 9.99. The summed E-state index contributed by atoms with van der Waals surface area (Å²) in [6, 6.07) is 15.6. The van der Waals surface area contributed by atoms with E-state index in [2.05, 4.69) is 70.2 Å². The van der Waals surface area contributed by atoms with Gasteiger partial charge in [-0.15, -0.1) is 0 Å². The molecular weight excluding hydrogens is 541 g/mol. The van der Waals surface area contributed by atoms with Crippen LogP contribution < -0.4 is 14.8 Å². The van der Waals surface area contributed by atoms with E-state index >= 15 is 0 Å². The summed E-state index contributed by atoms with van der Waals surface area (Å²) in [5.74, 6) is 1.91. The van der Waals surface area contributed by atoms with Crippen molar-refractivity contribution in [3.05, 3.63) is 42.5 Å². The zero-order valence-corrected chi connectivity index (χ0v) is 26.3. The van der Waals surface area contributed by atoms with Crippen LogP contribution in [0.15, 0.2) is 42.5 Å². The Balaban J connectivity index is 0.000000816. The van der Waals surface area contributed by atoms with E-state index in [0.717, 1.165) is 28.4 Å². The molecule has 39 heavy (non-hydrogen) atoms. The summed E-state index contributed by atoms with van der Waals surface area (Å²) in [6.45, 7) is 8.45. The summed E-state index contributed by atoms with van der Waals surface area (Å²) in [5, 5.41) is 1.60. The molecule has 220 valence electrons. The molecule has 0 saturated heterocycles. The third-order valence-corrected chi connectivity index (χ3v) is 10.7. The normalized spacial score (nSPS) is 17.0. The Kier molecular flexibility index (Phi) is 14.1. The van der Waals surface area contributed by atoms with Gasteiger partial charge in [-0.05, 0) is 87.7 Å². The maximum Gasteiger partial charge on any atom is 0.673 e. The van der Waals surface area contributed by atoms with Gasteiger partial charge in [-0.1, -0.05) is 76.8 Å². The fourth-order valence-electron chi connectivity index (χ4n) is 5.80. The Hall–Kier alpha value is -1.32. The minimum Gasteiger partial charge on any atom is -0.490 e. The van der Waals surface area contributed by atoms with Crippen molar-refractivity contribution in [2.75, 3.05) is 0 Å². The molecule has 4 rings (SSSR count). The van der Waals surface area contributed by atoms with Crippen LogP contribution in [-0.2, 0) is 0 Å². The lowest BCUT2D eigenvalue weighted by Gasteiger charge is -2.39. The summed E-state index contributed by atoms with van der Waals surface area (Å²) < 4.78 is 51.7. The maximum absolute atomic E-state index is 9.75. The topological polar surface area (TPSA) is 18.5 Å². The van der Waals surface area contributed by atoms with Gasteiger partial charge in [0.25, 0.3) is 0 Å². The van der Waals surface area contributed by atoms with Gasteiger partial charge in [0.1, 0.15) is 11.5 Å². The van der Waals surface area contributed by atoms with E-state index in [9.17, 15) is 17.3 Å². The zero-order valence-electron chi connectivity index (χ0n) is 24.0. The van der Waals surface area contributed by atoms with Gasteiger partial charge in [0.15, 0.2) is 0 Å².